The van der Waals surface area contributed by atoms with Crippen LogP contribution in [0.15, 0.2) is 29.2 Å². The molecule has 1 aliphatic carbocycles. The quantitative estimate of drug-likeness (QED) is 0.422. The first-order valence-corrected chi connectivity index (χ1v) is 13.0. The number of alkyl halides is 3. The number of ether oxygens (including phenoxy) is 1. The Hall–Kier alpha value is -1.20. The van der Waals surface area contributed by atoms with E-state index in [1.807, 2.05) is 7.05 Å². The molecule has 1 fully saturated rings. The predicted octanol–water partition coefficient (Wildman–Crippen LogP) is 3.85. The van der Waals surface area contributed by atoms with Crippen LogP contribution in [0.2, 0.25) is 0 Å². The molecule has 0 amide bonds. The number of aliphatic hydroxyl groups is 1. The lowest BCUT2D eigenvalue weighted by Crippen LogP contribution is -2.34. The van der Waals surface area contributed by atoms with Crippen LogP contribution >= 0.6 is 0 Å². The second kappa shape index (κ2) is 13.0. The molecular weight excluding hydrogens is 457 g/mol. The van der Waals surface area contributed by atoms with Gasteiger partial charge in [-0.25, -0.2) is 12.7 Å². The Morgan fingerprint density at radius 1 is 1.00 bits per heavy atom. The third-order valence-electron chi connectivity index (χ3n) is 6.29. The highest BCUT2D eigenvalue weighted by atomic mass is 32.2. The molecule has 0 heterocycles. The van der Waals surface area contributed by atoms with Crippen LogP contribution in [0.3, 0.4) is 0 Å². The summed E-state index contributed by atoms with van der Waals surface area (Å²) in [7, 11) is -0.349. The standard InChI is InChI=1S/C23H37F3N2O4S/c1-27(14-15-29)13-3-4-16-32-18-20-7-5-19(6-8-20)17-28(2)33(30,31)22-11-9-21(10-12-22)23(24,25)26/h9-12,19-20,29H,3-8,13-18H2,1-2H3/t19-,20-. The molecule has 10 heteroatoms. The maximum absolute atomic E-state index is 12.7. The van der Waals surface area contributed by atoms with E-state index in [1.54, 1.807) is 0 Å². The monoisotopic (exact) mass is 494 g/mol. The Kier molecular flexibility index (Phi) is 11.1. The molecule has 0 saturated heterocycles. The van der Waals surface area contributed by atoms with Crippen LogP contribution in [-0.2, 0) is 20.9 Å². The van der Waals surface area contributed by atoms with Crippen LogP contribution in [0.5, 0.6) is 0 Å². The molecule has 6 nitrogen and oxygen atoms in total. The summed E-state index contributed by atoms with van der Waals surface area (Å²) < 4.78 is 70.7. The molecule has 1 aromatic rings. The van der Waals surface area contributed by atoms with Gasteiger partial charge >= 0.3 is 6.18 Å². The van der Waals surface area contributed by atoms with Crippen molar-refractivity contribution in [1.29, 1.82) is 0 Å². The molecule has 33 heavy (non-hydrogen) atoms. The zero-order valence-electron chi connectivity index (χ0n) is 19.6. The van der Waals surface area contributed by atoms with Crippen molar-refractivity contribution in [2.45, 2.75) is 49.6 Å². The van der Waals surface area contributed by atoms with Crippen molar-refractivity contribution in [2.24, 2.45) is 11.8 Å². The lowest BCUT2D eigenvalue weighted by molar-refractivity contribution is -0.137. The summed E-state index contributed by atoms with van der Waals surface area (Å²) in [5.41, 5.74) is -0.862. The van der Waals surface area contributed by atoms with Gasteiger partial charge in [-0.1, -0.05) is 0 Å². The van der Waals surface area contributed by atoms with Gasteiger partial charge in [-0.3, -0.25) is 0 Å². The molecule has 1 saturated carbocycles. The second-order valence-corrected chi connectivity index (χ2v) is 11.0. The maximum Gasteiger partial charge on any atom is 0.416 e. The molecule has 0 spiro atoms. The van der Waals surface area contributed by atoms with E-state index in [-0.39, 0.29) is 17.4 Å². The predicted molar refractivity (Wildman–Crippen MR) is 121 cm³/mol. The van der Waals surface area contributed by atoms with Gasteiger partial charge in [-0.15, -0.1) is 0 Å². The van der Waals surface area contributed by atoms with E-state index in [0.717, 1.165) is 82.5 Å². The molecule has 0 unspecified atom stereocenters. The van der Waals surface area contributed by atoms with Gasteiger partial charge in [0, 0.05) is 33.4 Å². The minimum Gasteiger partial charge on any atom is -0.395 e. The first-order valence-electron chi connectivity index (χ1n) is 11.5. The van der Waals surface area contributed by atoms with Gasteiger partial charge in [0.25, 0.3) is 0 Å². The van der Waals surface area contributed by atoms with Gasteiger partial charge in [-0.2, -0.15) is 13.2 Å². The smallest absolute Gasteiger partial charge is 0.395 e. The number of hydrogen-bond acceptors (Lipinski definition) is 5. The average molecular weight is 495 g/mol. The third kappa shape index (κ3) is 9.16. The number of nitrogens with zero attached hydrogens (tertiary/aromatic N) is 2. The number of sulfonamides is 1. The molecule has 2 rings (SSSR count). The fourth-order valence-corrected chi connectivity index (χ4v) is 5.40. The van der Waals surface area contributed by atoms with E-state index in [2.05, 4.69) is 4.90 Å². The number of unbranched alkanes of at least 4 members (excludes halogenated alkanes) is 1. The van der Waals surface area contributed by atoms with Gasteiger partial charge in [0.2, 0.25) is 10.0 Å². The summed E-state index contributed by atoms with van der Waals surface area (Å²) in [6.45, 7) is 3.60. The van der Waals surface area contributed by atoms with Crippen LogP contribution < -0.4 is 0 Å². The van der Waals surface area contributed by atoms with Crippen molar-refractivity contribution >= 4 is 10.0 Å². The van der Waals surface area contributed by atoms with Crippen molar-refractivity contribution < 1.29 is 31.4 Å². The highest BCUT2D eigenvalue weighted by Crippen LogP contribution is 2.32. The minimum atomic E-state index is -4.49. The van der Waals surface area contributed by atoms with Crippen LogP contribution in [-0.4, -0.2) is 76.3 Å². The summed E-state index contributed by atoms with van der Waals surface area (Å²) in [4.78, 5) is 1.97. The topological polar surface area (TPSA) is 70.1 Å². The summed E-state index contributed by atoms with van der Waals surface area (Å²) >= 11 is 0. The van der Waals surface area contributed by atoms with Crippen molar-refractivity contribution in [3.05, 3.63) is 29.8 Å². The molecule has 0 aromatic heterocycles. The fourth-order valence-electron chi connectivity index (χ4n) is 4.16. The molecule has 1 aliphatic rings. The number of hydrogen-bond donors (Lipinski definition) is 1. The highest BCUT2D eigenvalue weighted by molar-refractivity contribution is 7.89. The number of likely N-dealkylation sites (N-methyl/N-ethyl adjacent to an activating group) is 1. The van der Waals surface area contributed by atoms with Crippen LogP contribution in [0, 0.1) is 11.8 Å². The second-order valence-electron chi connectivity index (χ2n) is 9.00. The highest BCUT2D eigenvalue weighted by Gasteiger charge is 2.32. The molecule has 1 N–H and O–H groups in total. The van der Waals surface area contributed by atoms with Crippen LogP contribution in [0.25, 0.3) is 0 Å². The Balaban J connectivity index is 1.69. The zero-order chi connectivity index (χ0) is 24.5. The first-order chi connectivity index (χ1) is 15.5. The average Bonchev–Trinajstić information content (AvgIpc) is 2.77. The molecule has 190 valence electrons. The van der Waals surface area contributed by atoms with E-state index >= 15 is 0 Å². The first kappa shape index (κ1) is 28.0. The Morgan fingerprint density at radius 2 is 1.61 bits per heavy atom. The van der Waals surface area contributed by atoms with E-state index in [9.17, 15) is 21.6 Å². The summed E-state index contributed by atoms with van der Waals surface area (Å²) in [5, 5.41) is 8.88. The van der Waals surface area contributed by atoms with Crippen LogP contribution in [0.1, 0.15) is 44.1 Å². The van der Waals surface area contributed by atoms with Crippen LogP contribution in [0.4, 0.5) is 13.2 Å². The number of aliphatic hydroxyl groups excluding tert-OH is 1. The Morgan fingerprint density at radius 3 is 2.18 bits per heavy atom. The van der Waals surface area contributed by atoms with Crippen molar-refractivity contribution in [1.82, 2.24) is 9.21 Å². The van der Waals surface area contributed by atoms with Crippen molar-refractivity contribution in [3.8, 4) is 0 Å². The molecule has 1 aromatic carbocycles. The van der Waals surface area contributed by atoms with Gasteiger partial charge in [0.05, 0.1) is 17.1 Å². The van der Waals surface area contributed by atoms with Gasteiger partial charge < -0.3 is 14.7 Å². The largest absolute Gasteiger partial charge is 0.416 e. The number of benzene rings is 1. The normalized spacial score (nSPS) is 20.0. The van der Waals surface area contributed by atoms with Gasteiger partial charge in [0.1, 0.15) is 0 Å². The zero-order valence-corrected chi connectivity index (χ0v) is 20.4. The molecule has 0 radical (unpaired) electrons. The lowest BCUT2D eigenvalue weighted by atomic mass is 9.82. The summed E-state index contributed by atoms with van der Waals surface area (Å²) in [5.74, 6) is 0.715. The Labute approximate surface area is 195 Å². The van der Waals surface area contributed by atoms with Gasteiger partial charge in [0.15, 0.2) is 0 Å². The van der Waals surface area contributed by atoms with E-state index in [0.29, 0.717) is 19.0 Å². The molecule has 0 bridgehead atoms. The maximum atomic E-state index is 12.7. The molecule has 0 aliphatic heterocycles. The number of rotatable bonds is 13. The van der Waals surface area contributed by atoms with E-state index in [1.165, 1.54) is 11.4 Å². The van der Waals surface area contributed by atoms with Gasteiger partial charge in [-0.05, 0) is 88.2 Å². The van der Waals surface area contributed by atoms with E-state index in [4.69, 9.17) is 9.84 Å². The fraction of sp³-hybridized carbons (Fsp3) is 0.739. The van der Waals surface area contributed by atoms with Crippen molar-refractivity contribution in [2.75, 3.05) is 53.6 Å². The molecule has 0 atom stereocenters. The Bertz CT molecular complexity index is 795. The van der Waals surface area contributed by atoms with E-state index < -0.39 is 21.8 Å². The summed E-state index contributed by atoms with van der Waals surface area (Å²) in [6, 6.07) is 3.65. The third-order valence-corrected chi connectivity index (χ3v) is 8.12. The molecular formula is C23H37F3N2O4S. The summed E-state index contributed by atoms with van der Waals surface area (Å²) in [6.07, 6.45) is 1.31. The SMILES string of the molecule is CN(CCO)CCCCOC[C@H]1CC[C@H](CN(C)S(=O)(=O)c2ccc(C(F)(F)F)cc2)CC1. The van der Waals surface area contributed by atoms with Crippen molar-refractivity contribution in [3.63, 3.8) is 0 Å². The lowest BCUT2D eigenvalue weighted by Gasteiger charge is -2.31. The number of halogens is 3. The minimum absolute atomic E-state index is 0.123.